The van der Waals surface area contributed by atoms with Crippen LogP contribution in [0.2, 0.25) is 0 Å². The second kappa shape index (κ2) is 7.87. The second-order valence-corrected chi connectivity index (χ2v) is 3.15. The molecule has 0 atom stereocenters. The van der Waals surface area contributed by atoms with Gasteiger partial charge in [-0.15, -0.1) is 0 Å². The minimum atomic E-state index is -1.11. The van der Waals surface area contributed by atoms with E-state index in [1.165, 1.54) is 18.2 Å². The summed E-state index contributed by atoms with van der Waals surface area (Å²) in [6.45, 7) is 0. The molecule has 0 bridgehead atoms. The Morgan fingerprint density at radius 1 is 1.56 bits per heavy atom. The fourth-order valence-corrected chi connectivity index (χ4v) is 1.33. The summed E-state index contributed by atoms with van der Waals surface area (Å²) in [5, 5.41) is 21.5. The number of nitrogen functional groups attached to an aromatic ring is 1. The van der Waals surface area contributed by atoms with Crippen molar-refractivity contribution in [2.45, 2.75) is 4.90 Å². The summed E-state index contributed by atoms with van der Waals surface area (Å²) < 4.78 is 4.06. The quantitative estimate of drug-likeness (QED) is 0.166. The molecule has 0 aliphatic heterocycles. The number of rotatable bonds is 5. The maximum Gasteiger partial charge on any atom is 1.00 e. The minimum Gasteiger partial charge on any atom is -0.691 e. The number of anilines is 1. The topological polar surface area (TPSA) is 117 Å². The number of hydrazine groups is 1. The molecule has 0 spiro atoms. The summed E-state index contributed by atoms with van der Waals surface area (Å²) in [5.41, 5.74) is 2.45. The molecular weight excluding hydrogens is 247 g/mol. The fourth-order valence-electron chi connectivity index (χ4n) is 0.934. The fraction of sp³-hybridized carbons (Fsp3) is 0. The minimum absolute atomic E-state index is 0. The van der Waals surface area contributed by atoms with Gasteiger partial charge in [0.15, 0.2) is 0 Å². The monoisotopic (exact) mass is 254 g/mol. The summed E-state index contributed by atoms with van der Waals surface area (Å²) in [7, 11) is 0. The number of hydrogen-bond donors (Lipinski definition) is 3. The smallest absolute Gasteiger partial charge is 0.691 e. The van der Waals surface area contributed by atoms with Crippen molar-refractivity contribution < 1.29 is 54.1 Å². The predicted octanol–water partition coefficient (Wildman–Crippen LogP) is -3.09. The van der Waals surface area contributed by atoms with Crippen LogP contribution in [0.3, 0.4) is 0 Å². The van der Waals surface area contributed by atoms with Crippen molar-refractivity contribution in [2.24, 2.45) is 5.84 Å². The summed E-state index contributed by atoms with van der Waals surface area (Å²) in [6.07, 6.45) is 0. The van der Waals surface area contributed by atoms with E-state index in [9.17, 15) is 10.1 Å². The molecule has 1 rings (SSSR count). The van der Waals surface area contributed by atoms with Crippen molar-refractivity contribution in [3.63, 3.8) is 0 Å². The number of aromatic carboxylic acids is 1. The summed E-state index contributed by atoms with van der Waals surface area (Å²) in [5.74, 6) is 4.02. The molecule has 0 aromatic heterocycles. The van der Waals surface area contributed by atoms with Gasteiger partial charge >= 0.3 is 35.5 Å². The number of carboxylic acid groups (broad SMARTS) is 1. The van der Waals surface area contributed by atoms with E-state index >= 15 is 0 Å². The Kier molecular flexibility index (Phi) is 7.72. The molecule has 16 heavy (non-hydrogen) atoms. The van der Waals surface area contributed by atoms with Crippen LogP contribution in [0.15, 0.2) is 23.1 Å². The van der Waals surface area contributed by atoms with Crippen molar-refractivity contribution in [1.29, 1.82) is 0 Å². The van der Waals surface area contributed by atoms with Crippen LogP contribution < -0.4 is 46.1 Å². The number of nitrogens with one attached hydrogen (secondary N) is 1. The summed E-state index contributed by atoms with van der Waals surface area (Å²) >= 11 is 0.647. The zero-order valence-electron chi connectivity index (χ0n) is 8.30. The molecule has 0 unspecified atom stereocenters. The van der Waals surface area contributed by atoms with Crippen molar-refractivity contribution >= 4 is 23.7 Å². The molecule has 4 N–H and O–H groups in total. The molecule has 0 saturated heterocycles. The van der Waals surface area contributed by atoms with Crippen LogP contribution in [0.1, 0.15) is 10.4 Å². The van der Waals surface area contributed by atoms with Gasteiger partial charge in [0.05, 0.1) is 23.3 Å². The van der Waals surface area contributed by atoms with Gasteiger partial charge in [-0.1, -0.05) is 0 Å². The molecule has 0 amide bonds. The van der Waals surface area contributed by atoms with E-state index in [1.807, 2.05) is 0 Å². The predicted molar refractivity (Wildman–Crippen MR) is 49.2 cm³/mol. The van der Waals surface area contributed by atoms with Gasteiger partial charge < -0.3 is 15.8 Å². The average Bonchev–Trinajstić information content (AvgIpc) is 2.25. The van der Waals surface area contributed by atoms with Gasteiger partial charge in [-0.05, 0) is 18.2 Å². The normalized spacial score (nSPS) is 9.38. The Balaban J connectivity index is 0.00000225. The number of carboxylic acids is 1. The van der Waals surface area contributed by atoms with Crippen LogP contribution in [-0.2, 0) is 9.37 Å². The van der Waals surface area contributed by atoms with E-state index in [4.69, 9.17) is 10.9 Å². The Morgan fingerprint density at radius 2 is 2.25 bits per heavy atom. The molecule has 1 aromatic rings. The Bertz CT molecular complexity index is 365. The van der Waals surface area contributed by atoms with Gasteiger partial charge in [0, 0.05) is 4.90 Å². The Labute approximate surface area is 117 Å². The van der Waals surface area contributed by atoms with Crippen molar-refractivity contribution in [1.82, 2.24) is 0 Å². The van der Waals surface area contributed by atoms with E-state index in [-0.39, 0.29) is 40.8 Å². The van der Waals surface area contributed by atoms with E-state index in [1.54, 1.807) is 0 Å². The SMILES string of the molecule is NNc1cc(SOO[O-])ccc1C(=O)O.[Na+]. The maximum atomic E-state index is 10.7. The molecule has 7 nitrogen and oxygen atoms in total. The number of benzene rings is 1. The van der Waals surface area contributed by atoms with Crippen molar-refractivity contribution in [2.75, 3.05) is 5.43 Å². The van der Waals surface area contributed by atoms with E-state index in [2.05, 4.69) is 14.8 Å². The summed E-state index contributed by atoms with van der Waals surface area (Å²) in [4.78, 5) is 11.2. The maximum absolute atomic E-state index is 10.7. The standard InChI is InChI=1S/C7H8N2O5S.Na/c8-9-6-3-4(15-14-13-12)1-2-5(6)7(10)11;/h1-3,9,12H,8H2,(H,10,11);/q;+1/p-1. The van der Waals surface area contributed by atoms with Crippen LogP contribution in [0.25, 0.3) is 0 Å². The van der Waals surface area contributed by atoms with Crippen LogP contribution >= 0.6 is 12.0 Å². The van der Waals surface area contributed by atoms with Gasteiger partial charge in [-0.25, -0.2) is 4.79 Å². The average molecular weight is 254 g/mol. The van der Waals surface area contributed by atoms with Crippen LogP contribution in [-0.4, -0.2) is 11.1 Å². The third-order valence-corrected chi connectivity index (χ3v) is 2.10. The molecule has 0 heterocycles. The van der Waals surface area contributed by atoms with E-state index < -0.39 is 5.97 Å². The second-order valence-electron chi connectivity index (χ2n) is 2.38. The molecule has 82 valence electrons. The van der Waals surface area contributed by atoms with Gasteiger partial charge in [0.1, 0.15) is 0 Å². The third-order valence-electron chi connectivity index (χ3n) is 1.53. The van der Waals surface area contributed by atoms with Crippen LogP contribution in [0, 0.1) is 0 Å². The molecule has 9 heteroatoms. The Hall–Kier alpha value is -0.320. The van der Waals surface area contributed by atoms with E-state index in [0.29, 0.717) is 16.9 Å². The molecule has 0 aliphatic carbocycles. The largest absolute Gasteiger partial charge is 1.00 e. The van der Waals surface area contributed by atoms with Gasteiger partial charge in [0.2, 0.25) is 0 Å². The number of carbonyl (C=O) groups is 1. The molecular formula is C7H7N2NaO5S. The zero-order valence-corrected chi connectivity index (χ0v) is 11.1. The molecule has 0 radical (unpaired) electrons. The van der Waals surface area contributed by atoms with Gasteiger partial charge in [0.25, 0.3) is 0 Å². The molecule has 1 aromatic carbocycles. The van der Waals surface area contributed by atoms with Crippen LogP contribution in [0.4, 0.5) is 5.69 Å². The van der Waals surface area contributed by atoms with E-state index in [0.717, 1.165) is 0 Å². The van der Waals surface area contributed by atoms with Crippen molar-refractivity contribution in [3.8, 4) is 0 Å². The first-order valence-electron chi connectivity index (χ1n) is 3.66. The van der Waals surface area contributed by atoms with Gasteiger partial charge in [-0.2, -0.15) is 4.33 Å². The Morgan fingerprint density at radius 3 is 2.75 bits per heavy atom. The number of hydrogen-bond acceptors (Lipinski definition) is 7. The third kappa shape index (κ3) is 4.28. The first-order chi connectivity index (χ1) is 7.19. The van der Waals surface area contributed by atoms with Crippen molar-refractivity contribution in [3.05, 3.63) is 23.8 Å². The summed E-state index contributed by atoms with van der Waals surface area (Å²) in [6, 6.07) is 4.19. The first-order valence-corrected chi connectivity index (χ1v) is 4.40. The molecule has 0 saturated carbocycles. The molecule has 0 aliphatic rings. The first kappa shape index (κ1) is 15.7. The van der Waals surface area contributed by atoms with Gasteiger partial charge in [-0.3, -0.25) is 10.9 Å². The number of nitrogens with two attached hydrogens (primary N) is 1. The zero-order chi connectivity index (χ0) is 11.3. The molecule has 0 fully saturated rings. The van der Waals surface area contributed by atoms with Crippen LogP contribution in [0.5, 0.6) is 0 Å².